The molecule has 0 aromatic heterocycles. The van der Waals surface area contributed by atoms with Gasteiger partial charge in [0.2, 0.25) is 0 Å². The fourth-order valence-corrected chi connectivity index (χ4v) is 2.54. The van der Waals surface area contributed by atoms with E-state index in [0.29, 0.717) is 22.4 Å². The van der Waals surface area contributed by atoms with E-state index in [1.54, 1.807) is 24.3 Å². The van der Waals surface area contributed by atoms with Gasteiger partial charge in [-0.05, 0) is 42.0 Å². The molecule has 0 unspecified atom stereocenters. The van der Waals surface area contributed by atoms with Gasteiger partial charge in [0.15, 0.2) is 5.82 Å². The highest BCUT2D eigenvalue weighted by molar-refractivity contribution is 6.31. The maximum Gasteiger partial charge on any atom is 0.152 e. The van der Waals surface area contributed by atoms with Crippen LogP contribution in [0.15, 0.2) is 43.0 Å². The number of rotatable bonds is 2. The zero-order valence-electron chi connectivity index (χ0n) is 11.4. The van der Waals surface area contributed by atoms with Gasteiger partial charge in [0.25, 0.3) is 0 Å². The van der Waals surface area contributed by atoms with Crippen LogP contribution in [0.25, 0.3) is 11.3 Å². The highest BCUT2D eigenvalue weighted by Crippen LogP contribution is 2.38. The van der Waals surface area contributed by atoms with Crippen molar-refractivity contribution in [2.24, 2.45) is 0 Å². The third-order valence-corrected chi connectivity index (χ3v) is 3.73. The summed E-state index contributed by atoms with van der Waals surface area (Å²) in [6.45, 7) is 3.63. The summed E-state index contributed by atoms with van der Waals surface area (Å²) in [5.41, 5.74) is 1.04. The number of hydrogen-bond acceptors (Lipinski definition) is 2. The Labute approximate surface area is 130 Å². The number of ether oxygens (including phenoxy) is 1. The number of aliphatic hydroxyl groups is 1. The smallest absolute Gasteiger partial charge is 0.152 e. The van der Waals surface area contributed by atoms with Crippen LogP contribution in [-0.2, 0) is 0 Å². The lowest BCUT2D eigenvalue weighted by Crippen LogP contribution is -2.08. The van der Waals surface area contributed by atoms with Crippen molar-refractivity contribution in [1.29, 1.82) is 0 Å². The largest absolute Gasteiger partial charge is 0.508 e. The van der Waals surface area contributed by atoms with Gasteiger partial charge in [-0.15, -0.1) is 0 Å². The molecule has 0 saturated heterocycles. The Balaban J connectivity index is 2.23. The van der Waals surface area contributed by atoms with Gasteiger partial charge >= 0.3 is 0 Å². The molecule has 0 aliphatic carbocycles. The number of hydrogen-bond donors (Lipinski definition) is 1. The molecule has 2 aromatic rings. The van der Waals surface area contributed by atoms with Crippen LogP contribution in [0.5, 0.6) is 5.75 Å². The topological polar surface area (TPSA) is 29.5 Å². The molecule has 0 bridgehead atoms. The third kappa shape index (κ3) is 2.35. The Kier molecular flexibility index (Phi) is 3.62. The van der Waals surface area contributed by atoms with Crippen molar-refractivity contribution in [2.45, 2.75) is 0 Å². The minimum Gasteiger partial charge on any atom is -0.508 e. The van der Waals surface area contributed by atoms with Crippen LogP contribution in [0, 0.1) is 11.6 Å². The molecule has 1 N–H and O–H groups in total. The van der Waals surface area contributed by atoms with E-state index >= 15 is 0 Å². The summed E-state index contributed by atoms with van der Waals surface area (Å²) in [5, 5.41) is 9.35. The number of benzene rings is 2. The predicted molar refractivity (Wildman–Crippen MR) is 82.0 cm³/mol. The van der Waals surface area contributed by atoms with Crippen LogP contribution in [0.2, 0.25) is 5.02 Å². The normalized spacial score (nSPS) is 13.1. The third-order valence-electron chi connectivity index (χ3n) is 3.44. The van der Waals surface area contributed by atoms with E-state index in [1.165, 1.54) is 6.07 Å². The second-order valence-electron chi connectivity index (χ2n) is 4.80. The fraction of sp³-hybridized carbons (Fsp3) is 0.0588. The lowest BCUT2D eigenvalue weighted by atomic mass is 9.93. The highest BCUT2D eigenvalue weighted by Gasteiger charge is 2.23. The first-order chi connectivity index (χ1) is 10.5. The summed E-state index contributed by atoms with van der Waals surface area (Å²) in [6, 6.07) is 7.10. The molecule has 112 valence electrons. The van der Waals surface area contributed by atoms with Crippen LogP contribution >= 0.6 is 11.6 Å². The summed E-state index contributed by atoms with van der Waals surface area (Å²) >= 11 is 5.76. The van der Waals surface area contributed by atoms with Crippen molar-refractivity contribution in [2.75, 3.05) is 6.61 Å². The van der Waals surface area contributed by atoms with Gasteiger partial charge in [0.05, 0.1) is 10.6 Å². The van der Waals surface area contributed by atoms with Crippen LogP contribution in [0.1, 0.15) is 16.7 Å². The summed E-state index contributed by atoms with van der Waals surface area (Å²) in [7, 11) is 0. The standard InChI is InChI=1S/C17H11ClF2O2/c1-9(21)10-2-5-15-12(8-10)11(6-7-22-15)16-14(19)4-3-13(18)17(16)20/h2-6,8,21H,1,7H2. The number of fused-ring (bicyclic) bond motifs is 1. The second kappa shape index (κ2) is 5.46. The minimum absolute atomic E-state index is 0.139. The molecule has 0 spiro atoms. The van der Waals surface area contributed by atoms with Crippen molar-refractivity contribution in [1.82, 2.24) is 0 Å². The molecule has 0 radical (unpaired) electrons. The molecule has 0 amide bonds. The number of aliphatic hydroxyl groups excluding tert-OH is 1. The molecule has 3 rings (SSSR count). The molecule has 5 heteroatoms. The van der Waals surface area contributed by atoms with Gasteiger partial charge in [-0.2, -0.15) is 0 Å². The first-order valence-corrected chi connectivity index (χ1v) is 6.86. The lowest BCUT2D eigenvalue weighted by Gasteiger charge is -2.20. The summed E-state index contributed by atoms with van der Waals surface area (Å²) < 4.78 is 33.9. The van der Waals surface area contributed by atoms with E-state index in [9.17, 15) is 13.9 Å². The van der Waals surface area contributed by atoms with Crippen molar-refractivity contribution in [3.05, 3.63) is 76.3 Å². The number of halogens is 3. The molecule has 2 aromatic carbocycles. The zero-order valence-corrected chi connectivity index (χ0v) is 12.1. The van der Waals surface area contributed by atoms with Crippen molar-refractivity contribution >= 4 is 22.9 Å². The summed E-state index contributed by atoms with van der Waals surface area (Å²) in [4.78, 5) is 0. The second-order valence-corrected chi connectivity index (χ2v) is 5.21. The molecule has 1 aliphatic rings. The van der Waals surface area contributed by atoms with E-state index in [2.05, 4.69) is 6.58 Å². The molecule has 1 heterocycles. The van der Waals surface area contributed by atoms with E-state index in [0.717, 1.165) is 6.07 Å². The minimum atomic E-state index is -0.825. The Morgan fingerprint density at radius 1 is 1.23 bits per heavy atom. The lowest BCUT2D eigenvalue weighted by molar-refractivity contribution is 0.357. The first-order valence-electron chi connectivity index (χ1n) is 6.48. The van der Waals surface area contributed by atoms with Gasteiger partial charge in [-0.25, -0.2) is 8.78 Å². The average molecular weight is 321 g/mol. The summed E-state index contributed by atoms with van der Waals surface area (Å²) in [6.07, 6.45) is 1.57. The highest BCUT2D eigenvalue weighted by atomic mass is 35.5. The monoisotopic (exact) mass is 320 g/mol. The molecular weight excluding hydrogens is 310 g/mol. The van der Waals surface area contributed by atoms with Crippen LogP contribution in [-0.4, -0.2) is 11.7 Å². The molecule has 1 aliphatic heterocycles. The molecule has 0 fully saturated rings. The van der Waals surface area contributed by atoms with E-state index in [-0.39, 0.29) is 23.0 Å². The maximum atomic E-state index is 14.3. The van der Waals surface area contributed by atoms with Crippen LogP contribution in [0.3, 0.4) is 0 Å². The molecule has 0 saturated carbocycles. The first kappa shape index (κ1) is 14.6. The SMILES string of the molecule is C=C(O)c1ccc2c(c1)C(c1c(F)ccc(Cl)c1F)=CCO2. The Hall–Kier alpha value is -2.33. The van der Waals surface area contributed by atoms with Crippen LogP contribution < -0.4 is 4.74 Å². The van der Waals surface area contributed by atoms with Crippen molar-refractivity contribution < 1.29 is 18.6 Å². The maximum absolute atomic E-state index is 14.3. The molecule has 0 atom stereocenters. The van der Waals surface area contributed by atoms with Gasteiger partial charge in [-0.1, -0.05) is 18.2 Å². The zero-order chi connectivity index (χ0) is 15.9. The van der Waals surface area contributed by atoms with E-state index in [1.807, 2.05) is 0 Å². The van der Waals surface area contributed by atoms with Gasteiger partial charge in [-0.3, -0.25) is 0 Å². The van der Waals surface area contributed by atoms with Crippen molar-refractivity contribution in [3.63, 3.8) is 0 Å². The molecule has 22 heavy (non-hydrogen) atoms. The Morgan fingerprint density at radius 2 is 2.00 bits per heavy atom. The quantitative estimate of drug-likeness (QED) is 0.625. The van der Waals surface area contributed by atoms with E-state index < -0.39 is 11.6 Å². The van der Waals surface area contributed by atoms with Crippen LogP contribution in [0.4, 0.5) is 8.78 Å². The van der Waals surface area contributed by atoms with Gasteiger partial charge in [0, 0.05) is 11.1 Å². The molecular formula is C17H11ClF2O2. The van der Waals surface area contributed by atoms with E-state index in [4.69, 9.17) is 16.3 Å². The summed E-state index contributed by atoms with van der Waals surface area (Å²) in [5.74, 6) is -1.20. The Bertz CT molecular complexity index is 813. The van der Waals surface area contributed by atoms with Gasteiger partial charge in [0.1, 0.15) is 23.9 Å². The fourth-order valence-electron chi connectivity index (χ4n) is 2.38. The predicted octanol–water partition coefficient (Wildman–Crippen LogP) is 4.97. The van der Waals surface area contributed by atoms with Crippen molar-refractivity contribution in [3.8, 4) is 5.75 Å². The van der Waals surface area contributed by atoms with Gasteiger partial charge < -0.3 is 9.84 Å². The molecule has 2 nitrogen and oxygen atoms in total. The Morgan fingerprint density at radius 3 is 2.73 bits per heavy atom. The average Bonchev–Trinajstić information content (AvgIpc) is 2.51.